The Morgan fingerprint density at radius 1 is 1.08 bits per heavy atom. The number of ether oxygens (including phenoxy) is 3. The highest BCUT2D eigenvalue weighted by Gasteiger charge is 2.13. The molecule has 5 heteroatoms. The largest absolute Gasteiger partial charge is 0.504 e. The van der Waals surface area contributed by atoms with Crippen molar-refractivity contribution < 1.29 is 24.1 Å². The van der Waals surface area contributed by atoms with E-state index in [1.165, 1.54) is 11.6 Å². The van der Waals surface area contributed by atoms with Crippen molar-refractivity contribution in [2.24, 2.45) is 0 Å². The van der Waals surface area contributed by atoms with Gasteiger partial charge in [-0.2, -0.15) is 0 Å². The SMILES string of the molecule is CCOC(C)Oc1ccc(OC(=O)c2ccc(C(C)CC)cc2)cc1O. The van der Waals surface area contributed by atoms with Crippen molar-refractivity contribution in [1.82, 2.24) is 0 Å². The second-order valence-electron chi connectivity index (χ2n) is 6.09. The van der Waals surface area contributed by atoms with Crippen molar-refractivity contribution in [3.8, 4) is 17.2 Å². The molecular formula is C21H26O5. The summed E-state index contributed by atoms with van der Waals surface area (Å²) in [6.07, 6.45) is 0.558. The average molecular weight is 358 g/mol. The molecule has 0 spiro atoms. The van der Waals surface area contributed by atoms with E-state index in [-0.39, 0.29) is 17.2 Å². The molecule has 0 bridgehead atoms. The third-order valence-corrected chi connectivity index (χ3v) is 4.16. The van der Waals surface area contributed by atoms with Gasteiger partial charge in [-0.25, -0.2) is 4.79 Å². The van der Waals surface area contributed by atoms with Crippen LogP contribution in [0.4, 0.5) is 0 Å². The lowest BCUT2D eigenvalue weighted by Gasteiger charge is -2.15. The lowest BCUT2D eigenvalue weighted by atomic mass is 9.98. The number of carbonyl (C=O) groups excluding carboxylic acids is 1. The van der Waals surface area contributed by atoms with Crippen LogP contribution >= 0.6 is 0 Å². The van der Waals surface area contributed by atoms with E-state index in [9.17, 15) is 9.90 Å². The molecule has 2 atom stereocenters. The zero-order chi connectivity index (χ0) is 19.1. The molecule has 0 heterocycles. The molecule has 0 saturated carbocycles. The third kappa shape index (κ3) is 5.23. The summed E-state index contributed by atoms with van der Waals surface area (Å²) in [7, 11) is 0. The zero-order valence-electron chi connectivity index (χ0n) is 15.7. The predicted molar refractivity (Wildman–Crippen MR) is 99.9 cm³/mol. The molecule has 0 fully saturated rings. The minimum absolute atomic E-state index is 0.117. The van der Waals surface area contributed by atoms with Crippen molar-refractivity contribution in [2.45, 2.75) is 46.3 Å². The Morgan fingerprint density at radius 2 is 1.77 bits per heavy atom. The van der Waals surface area contributed by atoms with Crippen LogP contribution in [-0.4, -0.2) is 24.0 Å². The Bertz CT molecular complexity index is 724. The van der Waals surface area contributed by atoms with Crippen LogP contribution in [0.1, 0.15) is 56.0 Å². The van der Waals surface area contributed by atoms with Crippen LogP contribution in [0.3, 0.4) is 0 Å². The van der Waals surface area contributed by atoms with Crippen molar-refractivity contribution >= 4 is 5.97 Å². The van der Waals surface area contributed by atoms with Crippen LogP contribution in [0.15, 0.2) is 42.5 Å². The van der Waals surface area contributed by atoms with Crippen LogP contribution in [0.5, 0.6) is 17.2 Å². The average Bonchev–Trinajstić information content (AvgIpc) is 2.63. The van der Waals surface area contributed by atoms with Crippen LogP contribution in [0, 0.1) is 0 Å². The van der Waals surface area contributed by atoms with E-state index < -0.39 is 12.3 Å². The molecular weight excluding hydrogens is 332 g/mol. The lowest BCUT2D eigenvalue weighted by Crippen LogP contribution is -2.16. The summed E-state index contributed by atoms with van der Waals surface area (Å²) >= 11 is 0. The Labute approximate surface area is 154 Å². The van der Waals surface area contributed by atoms with Crippen LogP contribution in [-0.2, 0) is 4.74 Å². The van der Waals surface area contributed by atoms with Gasteiger partial charge >= 0.3 is 5.97 Å². The van der Waals surface area contributed by atoms with E-state index in [1.807, 2.05) is 19.1 Å². The van der Waals surface area contributed by atoms with Gasteiger partial charge in [-0.1, -0.05) is 26.0 Å². The summed E-state index contributed by atoms with van der Waals surface area (Å²) in [5, 5.41) is 10.0. The molecule has 0 aliphatic carbocycles. The van der Waals surface area contributed by atoms with Gasteiger partial charge in [0.05, 0.1) is 5.56 Å². The normalized spacial score (nSPS) is 13.1. The van der Waals surface area contributed by atoms with E-state index in [2.05, 4.69) is 13.8 Å². The highest BCUT2D eigenvalue weighted by atomic mass is 16.7. The number of esters is 1. The smallest absolute Gasteiger partial charge is 0.343 e. The first-order valence-corrected chi connectivity index (χ1v) is 8.88. The lowest BCUT2D eigenvalue weighted by molar-refractivity contribution is -0.0624. The van der Waals surface area contributed by atoms with E-state index in [0.29, 0.717) is 18.1 Å². The van der Waals surface area contributed by atoms with Gasteiger partial charge in [0.15, 0.2) is 17.8 Å². The van der Waals surface area contributed by atoms with Gasteiger partial charge in [-0.15, -0.1) is 0 Å². The number of aromatic hydroxyl groups is 1. The first kappa shape index (κ1) is 19.8. The zero-order valence-corrected chi connectivity index (χ0v) is 15.7. The van der Waals surface area contributed by atoms with Crippen molar-refractivity contribution in [2.75, 3.05) is 6.61 Å². The Balaban J connectivity index is 2.03. The second kappa shape index (κ2) is 9.25. The minimum atomic E-state index is -0.483. The number of phenolic OH excluding ortho intramolecular Hbond substituents is 1. The van der Waals surface area contributed by atoms with Crippen LogP contribution in [0.2, 0.25) is 0 Å². The van der Waals surface area contributed by atoms with E-state index >= 15 is 0 Å². The van der Waals surface area contributed by atoms with E-state index in [4.69, 9.17) is 14.2 Å². The topological polar surface area (TPSA) is 65.0 Å². The monoisotopic (exact) mass is 358 g/mol. The second-order valence-corrected chi connectivity index (χ2v) is 6.09. The highest BCUT2D eigenvalue weighted by Crippen LogP contribution is 2.31. The number of carbonyl (C=O) groups is 1. The van der Waals surface area contributed by atoms with E-state index in [1.54, 1.807) is 31.2 Å². The number of phenols is 1. The molecule has 2 rings (SSSR count). The molecule has 0 amide bonds. The van der Waals surface area contributed by atoms with Crippen molar-refractivity contribution in [3.63, 3.8) is 0 Å². The summed E-state index contributed by atoms with van der Waals surface area (Å²) in [5.41, 5.74) is 1.65. The summed E-state index contributed by atoms with van der Waals surface area (Å²) in [5.74, 6) is 0.368. The minimum Gasteiger partial charge on any atom is -0.504 e. The summed E-state index contributed by atoms with van der Waals surface area (Å²) in [6.45, 7) is 8.37. The third-order valence-electron chi connectivity index (χ3n) is 4.16. The molecule has 5 nitrogen and oxygen atoms in total. The molecule has 0 radical (unpaired) electrons. The van der Waals surface area contributed by atoms with Gasteiger partial charge in [-0.05, 0) is 56.0 Å². The standard InChI is InChI=1S/C21H26O5/c1-5-14(3)16-7-9-17(10-8-16)21(23)26-18-11-12-20(19(22)13-18)25-15(4)24-6-2/h7-15,22H,5-6H2,1-4H3. The Morgan fingerprint density at radius 3 is 2.35 bits per heavy atom. The molecule has 2 aromatic carbocycles. The molecule has 2 unspecified atom stereocenters. The quantitative estimate of drug-likeness (QED) is 0.414. The maximum atomic E-state index is 12.3. The number of benzene rings is 2. The van der Waals surface area contributed by atoms with Gasteiger partial charge in [0.1, 0.15) is 5.75 Å². The molecule has 26 heavy (non-hydrogen) atoms. The molecule has 0 aliphatic rings. The van der Waals surface area contributed by atoms with Gasteiger partial charge in [0, 0.05) is 12.7 Å². The molecule has 1 N–H and O–H groups in total. The molecule has 0 aliphatic heterocycles. The van der Waals surface area contributed by atoms with Gasteiger partial charge in [-0.3, -0.25) is 0 Å². The maximum absolute atomic E-state index is 12.3. The first-order chi connectivity index (χ1) is 12.4. The Kier molecular flexibility index (Phi) is 7.04. The van der Waals surface area contributed by atoms with Crippen LogP contribution in [0.25, 0.3) is 0 Å². The maximum Gasteiger partial charge on any atom is 0.343 e. The van der Waals surface area contributed by atoms with Gasteiger partial charge in [0.2, 0.25) is 0 Å². The van der Waals surface area contributed by atoms with Crippen LogP contribution < -0.4 is 9.47 Å². The highest BCUT2D eigenvalue weighted by molar-refractivity contribution is 5.91. The summed E-state index contributed by atoms with van der Waals surface area (Å²) in [6, 6.07) is 11.8. The van der Waals surface area contributed by atoms with Gasteiger partial charge < -0.3 is 19.3 Å². The molecule has 2 aromatic rings. The fraction of sp³-hybridized carbons (Fsp3) is 0.381. The van der Waals surface area contributed by atoms with Crippen molar-refractivity contribution in [1.29, 1.82) is 0 Å². The van der Waals surface area contributed by atoms with Gasteiger partial charge in [0.25, 0.3) is 0 Å². The number of hydrogen-bond acceptors (Lipinski definition) is 5. The predicted octanol–water partition coefficient (Wildman–Crippen LogP) is 4.89. The number of rotatable bonds is 8. The molecule has 0 aromatic heterocycles. The molecule has 0 saturated heterocycles. The summed E-state index contributed by atoms with van der Waals surface area (Å²) < 4.78 is 16.1. The summed E-state index contributed by atoms with van der Waals surface area (Å²) in [4.78, 5) is 12.3. The first-order valence-electron chi connectivity index (χ1n) is 8.88. The fourth-order valence-corrected chi connectivity index (χ4v) is 2.46. The number of hydrogen-bond donors (Lipinski definition) is 1. The van der Waals surface area contributed by atoms with Crippen molar-refractivity contribution in [3.05, 3.63) is 53.6 Å². The Hall–Kier alpha value is -2.53. The fourth-order valence-electron chi connectivity index (χ4n) is 2.46. The van der Waals surface area contributed by atoms with E-state index in [0.717, 1.165) is 6.42 Å². The molecule has 140 valence electrons.